The molecule has 2 N–H and O–H groups in total. The van der Waals surface area contributed by atoms with E-state index in [9.17, 15) is 9.59 Å². The van der Waals surface area contributed by atoms with Gasteiger partial charge in [-0.25, -0.2) is 5.43 Å². The summed E-state index contributed by atoms with van der Waals surface area (Å²) < 4.78 is 6.12. The van der Waals surface area contributed by atoms with Crippen LogP contribution in [0, 0.1) is 6.92 Å². The van der Waals surface area contributed by atoms with Gasteiger partial charge in [0.25, 0.3) is 11.8 Å². The number of nitrogens with one attached hydrogen (secondary N) is 2. The van der Waals surface area contributed by atoms with Gasteiger partial charge in [0.2, 0.25) is 0 Å². The second-order valence-corrected chi connectivity index (χ2v) is 8.68. The smallest absolute Gasteiger partial charge is 0.271 e. The lowest BCUT2D eigenvalue weighted by molar-refractivity contribution is 0.0954. The highest BCUT2D eigenvalue weighted by atomic mass is 35.5. The Balaban J connectivity index is 1.39. The number of anilines is 1. The lowest BCUT2D eigenvalue weighted by Gasteiger charge is -2.05. The van der Waals surface area contributed by atoms with Crippen LogP contribution in [0.15, 0.2) is 71.8 Å². The van der Waals surface area contributed by atoms with Crippen LogP contribution in [0.5, 0.6) is 5.75 Å². The standard InChI is InChI=1S/C25H20ClN3O3S/c1-15-6-11-20-21(12-15)33-23(22(20)26)25(31)28-18-9-7-17(8-10-18)24(30)29-27-14-16-4-3-5-19(13-16)32-2/h3-14H,1-2H3,(H,28,31)(H,29,30)/b27-14-. The molecule has 8 heteroatoms. The van der Waals surface area contributed by atoms with Crippen molar-refractivity contribution in [1.29, 1.82) is 0 Å². The molecule has 3 aromatic carbocycles. The number of amides is 2. The average Bonchev–Trinajstić information content (AvgIpc) is 3.15. The van der Waals surface area contributed by atoms with Crippen LogP contribution in [0.3, 0.4) is 0 Å². The first-order valence-electron chi connectivity index (χ1n) is 10.0. The summed E-state index contributed by atoms with van der Waals surface area (Å²) in [7, 11) is 1.59. The van der Waals surface area contributed by atoms with Crippen LogP contribution in [-0.2, 0) is 0 Å². The Morgan fingerprint density at radius 2 is 1.82 bits per heavy atom. The Hall–Kier alpha value is -3.68. The van der Waals surface area contributed by atoms with Crippen LogP contribution >= 0.6 is 22.9 Å². The summed E-state index contributed by atoms with van der Waals surface area (Å²) in [6, 6.07) is 19.7. The maximum absolute atomic E-state index is 12.7. The summed E-state index contributed by atoms with van der Waals surface area (Å²) in [5.41, 5.74) is 5.35. The number of carbonyl (C=O) groups is 2. The summed E-state index contributed by atoms with van der Waals surface area (Å²) in [5.74, 6) is 0.0452. The second kappa shape index (κ2) is 9.85. The predicted molar refractivity (Wildman–Crippen MR) is 134 cm³/mol. The van der Waals surface area contributed by atoms with Gasteiger partial charge in [-0.2, -0.15) is 5.10 Å². The largest absolute Gasteiger partial charge is 0.497 e. The number of hydrogen-bond donors (Lipinski definition) is 2. The molecule has 0 aliphatic heterocycles. The van der Waals surface area contributed by atoms with Gasteiger partial charge in [-0.15, -0.1) is 11.3 Å². The third kappa shape index (κ3) is 5.22. The van der Waals surface area contributed by atoms with Crippen molar-refractivity contribution in [2.24, 2.45) is 5.10 Å². The zero-order valence-corrected chi connectivity index (χ0v) is 19.5. The van der Waals surface area contributed by atoms with Crippen molar-refractivity contribution in [2.75, 3.05) is 12.4 Å². The number of hydrazone groups is 1. The Kier molecular flexibility index (Phi) is 6.72. The van der Waals surface area contributed by atoms with E-state index in [0.29, 0.717) is 26.9 Å². The number of fused-ring (bicyclic) bond motifs is 1. The van der Waals surface area contributed by atoms with Crippen molar-refractivity contribution >= 4 is 56.7 Å². The van der Waals surface area contributed by atoms with Gasteiger partial charge in [0, 0.05) is 21.3 Å². The Bertz CT molecular complexity index is 1360. The molecule has 0 aliphatic carbocycles. The number of aryl methyl sites for hydroxylation is 1. The van der Waals surface area contributed by atoms with E-state index in [2.05, 4.69) is 15.8 Å². The van der Waals surface area contributed by atoms with Crippen LogP contribution in [0.25, 0.3) is 10.1 Å². The van der Waals surface area contributed by atoms with Gasteiger partial charge >= 0.3 is 0 Å². The Labute approximate surface area is 199 Å². The van der Waals surface area contributed by atoms with Gasteiger partial charge in [-0.1, -0.05) is 35.9 Å². The minimum Gasteiger partial charge on any atom is -0.497 e. The van der Waals surface area contributed by atoms with Gasteiger partial charge in [0.1, 0.15) is 10.6 Å². The van der Waals surface area contributed by atoms with Gasteiger partial charge < -0.3 is 10.1 Å². The van der Waals surface area contributed by atoms with Crippen LogP contribution in [-0.4, -0.2) is 25.1 Å². The molecule has 0 aliphatic rings. The highest BCUT2D eigenvalue weighted by Crippen LogP contribution is 2.36. The number of nitrogens with zero attached hydrogens (tertiary/aromatic N) is 1. The molecule has 0 radical (unpaired) electrons. The number of methoxy groups -OCH3 is 1. The summed E-state index contributed by atoms with van der Waals surface area (Å²) in [5, 5.41) is 8.11. The second-order valence-electron chi connectivity index (χ2n) is 7.25. The lowest BCUT2D eigenvalue weighted by Crippen LogP contribution is -2.17. The summed E-state index contributed by atoms with van der Waals surface area (Å²) in [4.78, 5) is 25.5. The normalized spacial score (nSPS) is 11.0. The fourth-order valence-electron chi connectivity index (χ4n) is 3.16. The topological polar surface area (TPSA) is 79.8 Å². The number of ether oxygens (including phenoxy) is 1. The van der Waals surface area contributed by atoms with Gasteiger partial charge in [0.05, 0.1) is 18.3 Å². The summed E-state index contributed by atoms with van der Waals surface area (Å²) in [6.45, 7) is 1.99. The van der Waals surface area contributed by atoms with Crippen LogP contribution in [0.2, 0.25) is 5.02 Å². The molecule has 1 heterocycles. The van der Waals surface area contributed by atoms with E-state index in [1.165, 1.54) is 17.6 Å². The fourth-order valence-corrected chi connectivity index (χ4v) is 4.67. The average molecular weight is 478 g/mol. The van der Waals surface area contributed by atoms with Crippen LogP contribution in [0.1, 0.15) is 31.2 Å². The molecule has 0 fully saturated rings. The van der Waals surface area contributed by atoms with E-state index in [1.54, 1.807) is 37.4 Å². The quantitative estimate of drug-likeness (QED) is 0.268. The Morgan fingerprint density at radius 1 is 1.03 bits per heavy atom. The monoisotopic (exact) mass is 477 g/mol. The lowest BCUT2D eigenvalue weighted by atomic mass is 10.2. The van der Waals surface area contributed by atoms with Crippen molar-refractivity contribution in [3.8, 4) is 5.75 Å². The molecule has 6 nitrogen and oxygen atoms in total. The molecule has 4 aromatic rings. The molecular weight excluding hydrogens is 458 g/mol. The minimum absolute atomic E-state index is 0.293. The molecule has 166 valence electrons. The van der Waals surface area contributed by atoms with Crippen molar-refractivity contribution < 1.29 is 14.3 Å². The first-order chi connectivity index (χ1) is 15.9. The molecule has 0 spiro atoms. The number of benzene rings is 3. The summed E-state index contributed by atoms with van der Waals surface area (Å²) >= 11 is 7.77. The number of halogens is 1. The summed E-state index contributed by atoms with van der Waals surface area (Å²) in [6.07, 6.45) is 1.53. The van der Waals surface area contributed by atoms with Crippen LogP contribution in [0.4, 0.5) is 5.69 Å². The number of carbonyl (C=O) groups excluding carboxylic acids is 2. The van der Waals surface area contributed by atoms with Crippen molar-refractivity contribution in [1.82, 2.24) is 5.43 Å². The van der Waals surface area contributed by atoms with E-state index in [0.717, 1.165) is 21.2 Å². The zero-order valence-electron chi connectivity index (χ0n) is 17.9. The molecule has 0 atom stereocenters. The first-order valence-corrected chi connectivity index (χ1v) is 11.2. The van der Waals surface area contributed by atoms with E-state index < -0.39 is 0 Å². The molecule has 33 heavy (non-hydrogen) atoms. The highest BCUT2D eigenvalue weighted by molar-refractivity contribution is 7.21. The van der Waals surface area contributed by atoms with E-state index in [-0.39, 0.29) is 11.8 Å². The van der Waals surface area contributed by atoms with E-state index in [1.807, 2.05) is 43.3 Å². The molecule has 0 saturated carbocycles. The van der Waals surface area contributed by atoms with Crippen LogP contribution < -0.4 is 15.5 Å². The zero-order chi connectivity index (χ0) is 23.4. The minimum atomic E-state index is -0.366. The van der Waals surface area contributed by atoms with Gasteiger partial charge in [-0.05, 0) is 60.5 Å². The van der Waals surface area contributed by atoms with Crippen molar-refractivity contribution in [2.45, 2.75) is 6.92 Å². The van der Waals surface area contributed by atoms with Crippen molar-refractivity contribution in [3.63, 3.8) is 0 Å². The predicted octanol–water partition coefficient (Wildman–Crippen LogP) is 5.89. The van der Waals surface area contributed by atoms with Gasteiger partial charge in [-0.3, -0.25) is 9.59 Å². The maximum atomic E-state index is 12.7. The van der Waals surface area contributed by atoms with Gasteiger partial charge in [0.15, 0.2) is 0 Å². The third-order valence-corrected chi connectivity index (χ3v) is 6.53. The first kappa shape index (κ1) is 22.5. The number of hydrogen-bond acceptors (Lipinski definition) is 5. The van der Waals surface area contributed by atoms with E-state index in [4.69, 9.17) is 16.3 Å². The third-order valence-electron chi connectivity index (χ3n) is 4.87. The molecule has 1 aromatic heterocycles. The van der Waals surface area contributed by atoms with E-state index >= 15 is 0 Å². The molecule has 0 saturated heterocycles. The Morgan fingerprint density at radius 3 is 2.58 bits per heavy atom. The molecule has 0 bridgehead atoms. The molecular formula is C25H20ClN3O3S. The maximum Gasteiger partial charge on any atom is 0.271 e. The number of rotatable bonds is 6. The SMILES string of the molecule is COc1cccc(/C=N\NC(=O)c2ccc(NC(=O)c3sc4cc(C)ccc4c3Cl)cc2)c1. The van der Waals surface area contributed by atoms with Crippen molar-refractivity contribution in [3.05, 3.63) is 93.3 Å². The number of thiophene rings is 1. The molecule has 4 rings (SSSR count). The molecule has 2 amide bonds. The highest BCUT2D eigenvalue weighted by Gasteiger charge is 2.17. The fraction of sp³-hybridized carbons (Fsp3) is 0.0800. The molecule has 0 unspecified atom stereocenters.